The molecule has 0 bridgehead atoms. The third-order valence-electron chi connectivity index (χ3n) is 5.91. The molecule has 1 aromatic carbocycles. The molecular weight excluding hydrogens is 344 g/mol. The second kappa shape index (κ2) is 7.41. The fourth-order valence-corrected chi connectivity index (χ4v) is 4.95. The number of thiophene rings is 1. The fourth-order valence-electron chi connectivity index (χ4n) is 4.29. The Bertz CT molecular complexity index is 753. The van der Waals surface area contributed by atoms with Crippen molar-refractivity contribution in [2.75, 3.05) is 20.2 Å². The highest BCUT2D eigenvalue weighted by atomic mass is 32.1. The highest BCUT2D eigenvalue weighted by Crippen LogP contribution is 2.56. The number of amides is 1. The van der Waals surface area contributed by atoms with Crippen LogP contribution in [-0.2, 0) is 17.8 Å². The van der Waals surface area contributed by atoms with Crippen LogP contribution in [0.1, 0.15) is 30.4 Å². The number of para-hydroxylation sites is 1. The van der Waals surface area contributed by atoms with E-state index in [1.54, 1.807) is 18.4 Å². The minimum Gasteiger partial charge on any atom is -0.496 e. The third kappa shape index (κ3) is 3.51. The van der Waals surface area contributed by atoms with E-state index in [9.17, 15) is 4.79 Å². The first-order chi connectivity index (χ1) is 12.7. The molecule has 4 rings (SSSR count). The second-order valence-electron chi connectivity index (χ2n) is 7.47. The van der Waals surface area contributed by atoms with Gasteiger partial charge in [0.1, 0.15) is 5.75 Å². The van der Waals surface area contributed by atoms with Crippen LogP contribution < -0.4 is 10.1 Å². The van der Waals surface area contributed by atoms with Crippen LogP contribution in [0.25, 0.3) is 0 Å². The van der Waals surface area contributed by atoms with Crippen LogP contribution in [-0.4, -0.2) is 37.0 Å². The lowest BCUT2D eigenvalue weighted by atomic mass is 9.93. The second-order valence-corrected chi connectivity index (χ2v) is 8.25. The number of rotatable bonds is 6. The smallest absolute Gasteiger partial charge is 0.227 e. The van der Waals surface area contributed by atoms with Crippen LogP contribution in [0, 0.1) is 5.41 Å². The average molecular weight is 371 g/mol. The van der Waals surface area contributed by atoms with Crippen LogP contribution in [0.15, 0.2) is 41.1 Å². The lowest BCUT2D eigenvalue weighted by Gasteiger charge is -2.30. The Labute approximate surface area is 159 Å². The average Bonchev–Trinajstić information content (AvgIpc) is 3.09. The van der Waals surface area contributed by atoms with Crippen molar-refractivity contribution >= 4 is 17.2 Å². The topological polar surface area (TPSA) is 41.6 Å². The standard InChI is InChI=1S/C21H26N2O2S/c1-25-18-5-3-2-4-17(18)12-20(24)23(14-16-6-11-26-15-16)19-13-21(19)7-9-22-10-8-21/h2-6,11,15,19,22H,7-10,12-14H2,1H3. The summed E-state index contributed by atoms with van der Waals surface area (Å²) in [7, 11) is 1.66. The largest absolute Gasteiger partial charge is 0.496 e. The molecule has 2 heterocycles. The summed E-state index contributed by atoms with van der Waals surface area (Å²) < 4.78 is 5.44. The molecule has 1 amide bonds. The minimum absolute atomic E-state index is 0.209. The SMILES string of the molecule is COc1ccccc1CC(=O)N(Cc1ccsc1)C1CC12CCNCC2. The van der Waals surface area contributed by atoms with Gasteiger partial charge < -0.3 is 15.0 Å². The number of nitrogens with zero attached hydrogens (tertiary/aromatic N) is 1. The molecule has 26 heavy (non-hydrogen) atoms. The van der Waals surface area contributed by atoms with Crippen molar-refractivity contribution in [2.24, 2.45) is 5.41 Å². The van der Waals surface area contributed by atoms with Crippen molar-refractivity contribution in [3.63, 3.8) is 0 Å². The Morgan fingerprint density at radius 1 is 1.31 bits per heavy atom. The number of benzene rings is 1. The highest BCUT2D eigenvalue weighted by molar-refractivity contribution is 7.07. The van der Waals surface area contributed by atoms with Gasteiger partial charge in [-0.25, -0.2) is 0 Å². The van der Waals surface area contributed by atoms with E-state index in [0.717, 1.165) is 37.4 Å². The van der Waals surface area contributed by atoms with E-state index in [1.165, 1.54) is 18.4 Å². The van der Waals surface area contributed by atoms with Gasteiger partial charge in [-0.2, -0.15) is 11.3 Å². The Morgan fingerprint density at radius 2 is 2.12 bits per heavy atom. The molecule has 1 aliphatic carbocycles. The molecular formula is C21H26N2O2S. The van der Waals surface area contributed by atoms with E-state index in [0.29, 0.717) is 17.9 Å². The van der Waals surface area contributed by atoms with Gasteiger partial charge in [0.15, 0.2) is 0 Å². The molecule has 4 nitrogen and oxygen atoms in total. The molecule has 1 unspecified atom stereocenters. The van der Waals surface area contributed by atoms with Crippen molar-refractivity contribution in [2.45, 2.75) is 38.3 Å². The maximum Gasteiger partial charge on any atom is 0.227 e. The Kier molecular flexibility index (Phi) is 5.00. The number of hydrogen-bond acceptors (Lipinski definition) is 4. The summed E-state index contributed by atoms with van der Waals surface area (Å²) in [6.45, 7) is 2.87. The Hall–Kier alpha value is -1.85. The van der Waals surface area contributed by atoms with Crippen molar-refractivity contribution in [3.05, 3.63) is 52.2 Å². The number of carbonyl (C=O) groups is 1. The van der Waals surface area contributed by atoms with Gasteiger partial charge in [0, 0.05) is 18.2 Å². The van der Waals surface area contributed by atoms with Gasteiger partial charge >= 0.3 is 0 Å². The molecule has 2 fully saturated rings. The molecule has 138 valence electrons. The molecule has 1 saturated carbocycles. The summed E-state index contributed by atoms with van der Waals surface area (Å²) in [4.78, 5) is 15.4. The first-order valence-corrected chi connectivity index (χ1v) is 10.3. The number of ether oxygens (including phenoxy) is 1. The van der Waals surface area contributed by atoms with Crippen molar-refractivity contribution in [1.82, 2.24) is 10.2 Å². The highest BCUT2D eigenvalue weighted by Gasteiger charge is 2.57. The van der Waals surface area contributed by atoms with Crippen molar-refractivity contribution < 1.29 is 9.53 Å². The zero-order valence-corrected chi connectivity index (χ0v) is 16.1. The van der Waals surface area contributed by atoms with Gasteiger partial charge in [0.05, 0.1) is 13.5 Å². The van der Waals surface area contributed by atoms with Crippen molar-refractivity contribution in [3.8, 4) is 5.75 Å². The Balaban J connectivity index is 1.53. The summed E-state index contributed by atoms with van der Waals surface area (Å²) in [5, 5.41) is 7.69. The number of carbonyl (C=O) groups excluding carboxylic acids is 1. The zero-order chi connectivity index (χ0) is 18.0. The molecule has 1 N–H and O–H groups in total. The number of methoxy groups -OCH3 is 1. The molecule has 1 saturated heterocycles. The summed E-state index contributed by atoms with van der Waals surface area (Å²) in [6, 6.07) is 10.3. The molecule has 1 aromatic heterocycles. The van der Waals surface area contributed by atoms with E-state index in [4.69, 9.17) is 4.74 Å². The quantitative estimate of drug-likeness (QED) is 0.847. The normalized spacial score (nSPS) is 20.7. The van der Waals surface area contributed by atoms with Crippen LogP contribution >= 0.6 is 11.3 Å². The number of piperidine rings is 1. The van der Waals surface area contributed by atoms with Crippen LogP contribution in [0.4, 0.5) is 0 Å². The number of nitrogens with one attached hydrogen (secondary N) is 1. The predicted molar refractivity (Wildman–Crippen MR) is 105 cm³/mol. The monoisotopic (exact) mass is 370 g/mol. The van der Waals surface area contributed by atoms with E-state index in [-0.39, 0.29) is 5.91 Å². The molecule has 0 radical (unpaired) electrons. The summed E-state index contributed by atoms with van der Waals surface area (Å²) in [5.41, 5.74) is 2.55. The first kappa shape index (κ1) is 17.6. The third-order valence-corrected chi connectivity index (χ3v) is 6.64. The van der Waals surface area contributed by atoms with E-state index in [2.05, 4.69) is 27.0 Å². The van der Waals surface area contributed by atoms with Gasteiger partial charge in [-0.3, -0.25) is 4.79 Å². The zero-order valence-electron chi connectivity index (χ0n) is 15.2. The van der Waals surface area contributed by atoms with E-state index < -0.39 is 0 Å². The van der Waals surface area contributed by atoms with Gasteiger partial charge in [-0.05, 0) is 66.2 Å². The van der Waals surface area contributed by atoms with Gasteiger partial charge in [-0.15, -0.1) is 0 Å². The molecule has 2 aromatic rings. The Morgan fingerprint density at radius 3 is 2.85 bits per heavy atom. The van der Waals surface area contributed by atoms with Crippen LogP contribution in [0.3, 0.4) is 0 Å². The predicted octanol–water partition coefficient (Wildman–Crippen LogP) is 3.47. The van der Waals surface area contributed by atoms with Gasteiger partial charge in [-0.1, -0.05) is 18.2 Å². The number of hydrogen-bond donors (Lipinski definition) is 1. The first-order valence-electron chi connectivity index (χ1n) is 9.35. The molecule has 1 spiro atoms. The van der Waals surface area contributed by atoms with Crippen molar-refractivity contribution in [1.29, 1.82) is 0 Å². The lowest BCUT2D eigenvalue weighted by molar-refractivity contribution is -0.132. The maximum atomic E-state index is 13.3. The van der Waals surface area contributed by atoms with Gasteiger partial charge in [0.2, 0.25) is 5.91 Å². The summed E-state index contributed by atoms with van der Waals surface area (Å²) in [6.07, 6.45) is 3.91. The fraction of sp³-hybridized carbons (Fsp3) is 0.476. The summed E-state index contributed by atoms with van der Waals surface area (Å²) in [5.74, 6) is 1.00. The van der Waals surface area contributed by atoms with Gasteiger partial charge in [0.25, 0.3) is 0 Å². The van der Waals surface area contributed by atoms with E-state index >= 15 is 0 Å². The molecule has 1 aliphatic heterocycles. The van der Waals surface area contributed by atoms with Crippen LogP contribution in [0.5, 0.6) is 5.75 Å². The molecule has 5 heteroatoms. The summed E-state index contributed by atoms with van der Waals surface area (Å²) >= 11 is 1.69. The van der Waals surface area contributed by atoms with E-state index in [1.807, 2.05) is 24.3 Å². The maximum absolute atomic E-state index is 13.3. The molecule has 2 aliphatic rings. The van der Waals surface area contributed by atoms with Crippen LogP contribution in [0.2, 0.25) is 0 Å². The minimum atomic E-state index is 0.209. The molecule has 1 atom stereocenters. The lowest BCUT2D eigenvalue weighted by Crippen LogP contribution is -2.39.